The van der Waals surface area contributed by atoms with Crippen LogP contribution in [0.5, 0.6) is 0 Å². The van der Waals surface area contributed by atoms with Gasteiger partial charge in [0, 0.05) is 5.39 Å². The van der Waals surface area contributed by atoms with E-state index in [-0.39, 0.29) is 5.56 Å². The largest absolute Gasteiger partial charge is 0.478 e. The lowest BCUT2D eigenvalue weighted by molar-refractivity contribution is 0.0697. The number of fused-ring (bicyclic) bond motifs is 1. The molecule has 5 heteroatoms. The molecule has 0 unspecified atom stereocenters. The highest BCUT2D eigenvalue weighted by Gasteiger charge is 2.05. The minimum absolute atomic E-state index is 0.190. The number of carboxylic acids is 1. The van der Waals surface area contributed by atoms with Gasteiger partial charge in [0.1, 0.15) is 12.1 Å². The number of rotatable bonds is 1. The number of nitrogen functional groups attached to an aromatic ring is 1. The van der Waals surface area contributed by atoms with Crippen LogP contribution in [-0.2, 0) is 0 Å². The fourth-order valence-electron chi connectivity index (χ4n) is 1.21. The Hall–Kier alpha value is -2.17. The van der Waals surface area contributed by atoms with Crippen LogP contribution < -0.4 is 5.73 Å². The van der Waals surface area contributed by atoms with Crippen LogP contribution in [0.1, 0.15) is 10.4 Å². The lowest BCUT2D eigenvalue weighted by Gasteiger charge is -2.00. The number of hydrogen-bond donors (Lipinski definition) is 2. The van der Waals surface area contributed by atoms with Gasteiger partial charge in [0.15, 0.2) is 0 Å². The zero-order valence-electron chi connectivity index (χ0n) is 7.14. The van der Waals surface area contributed by atoms with Crippen molar-refractivity contribution in [3.05, 3.63) is 30.1 Å². The molecule has 1 heterocycles. The number of carbonyl (C=O) groups is 1. The number of benzene rings is 1. The molecular weight excluding hydrogens is 182 g/mol. The summed E-state index contributed by atoms with van der Waals surface area (Å²) in [6.07, 6.45) is 1.31. The maximum atomic E-state index is 10.7. The first-order chi connectivity index (χ1) is 6.68. The van der Waals surface area contributed by atoms with Crippen molar-refractivity contribution in [3.63, 3.8) is 0 Å². The number of hydrogen-bond acceptors (Lipinski definition) is 4. The summed E-state index contributed by atoms with van der Waals surface area (Å²) in [5.41, 5.74) is 6.31. The topological polar surface area (TPSA) is 89.1 Å². The van der Waals surface area contributed by atoms with Gasteiger partial charge in [0.05, 0.1) is 11.1 Å². The number of nitrogens with two attached hydrogens (primary N) is 1. The molecule has 0 aliphatic rings. The van der Waals surface area contributed by atoms with Gasteiger partial charge < -0.3 is 10.8 Å². The van der Waals surface area contributed by atoms with Gasteiger partial charge in [-0.1, -0.05) is 0 Å². The highest BCUT2D eigenvalue weighted by molar-refractivity contribution is 5.95. The Morgan fingerprint density at radius 1 is 1.36 bits per heavy atom. The molecule has 1 aromatic carbocycles. The lowest BCUT2D eigenvalue weighted by Crippen LogP contribution is -1.98. The predicted molar refractivity (Wildman–Crippen MR) is 50.9 cm³/mol. The summed E-state index contributed by atoms with van der Waals surface area (Å²) in [5, 5.41) is 9.40. The van der Waals surface area contributed by atoms with Gasteiger partial charge in [0.2, 0.25) is 0 Å². The average Bonchev–Trinajstić information content (AvgIpc) is 2.17. The molecule has 2 rings (SSSR count). The number of carboxylic acid groups (broad SMARTS) is 1. The van der Waals surface area contributed by atoms with Crippen molar-refractivity contribution in [1.82, 2.24) is 9.97 Å². The van der Waals surface area contributed by atoms with Gasteiger partial charge in [-0.3, -0.25) is 0 Å². The molecule has 0 fully saturated rings. The molecule has 5 nitrogen and oxygen atoms in total. The quantitative estimate of drug-likeness (QED) is 0.695. The van der Waals surface area contributed by atoms with Gasteiger partial charge in [-0.05, 0) is 18.2 Å². The zero-order valence-corrected chi connectivity index (χ0v) is 7.14. The average molecular weight is 189 g/mol. The number of anilines is 1. The van der Waals surface area contributed by atoms with Crippen molar-refractivity contribution in [2.45, 2.75) is 0 Å². The monoisotopic (exact) mass is 189 g/mol. The molecule has 0 aliphatic carbocycles. The molecule has 0 aliphatic heterocycles. The second kappa shape index (κ2) is 2.95. The van der Waals surface area contributed by atoms with E-state index in [1.54, 1.807) is 6.07 Å². The smallest absolute Gasteiger partial charge is 0.335 e. The molecule has 0 amide bonds. The van der Waals surface area contributed by atoms with Gasteiger partial charge in [-0.25, -0.2) is 14.8 Å². The van der Waals surface area contributed by atoms with Crippen molar-refractivity contribution in [1.29, 1.82) is 0 Å². The van der Waals surface area contributed by atoms with Gasteiger partial charge in [-0.2, -0.15) is 0 Å². The Morgan fingerprint density at radius 2 is 2.14 bits per heavy atom. The van der Waals surface area contributed by atoms with E-state index in [2.05, 4.69) is 9.97 Å². The molecule has 2 aromatic rings. The molecule has 0 radical (unpaired) electrons. The van der Waals surface area contributed by atoms with E-state index in [1.807, 2.05) is 0 Å². The highest BCUT2D eigenvalue weighted by Crippen LogP contribution is 2.17. The van der Waals surface area contributed by atoms with Crippen LogP contribution in [0.25, 0.3) is 10.9 Å². The first-order valence-electron chi connectivity index (χ1n) is 3.92. The Bertz CT molecular complexity index is 510. The van der Waals surface area contributed by atoms with Crippen LogP contribution in [0.3, 0.4) is 0 Å². The lowest BCUT2D eigenvalue weighted by atomic mass is 10.1. The zero-order chi connectivity index (χ0) is 10.1. The van der Waals surface area contributed by atoms with E-state index >= 15 is 0 Å². The van der Waals surface area contributed by atoms with Crippen molar-refractivity contribution in [3.8, 4) is 0 Å². The highest BCUT2D eigenvalue weighted by atomic mass is 16.4. The third-order valence-corrected chi connectivity index (χ3v) is 1.91. The fraction of sp³-hybridized carbons (Fsp3) is 0. The maximum absolute atomic E-state index is 10.7. The minimum Gasteiger partial charge on any atom is -0.478 e. The van der Waals surface area contributed by atoms with Crippen LogP contribution >= 0.6 is 0 Å². The molecule has 0 atom stereocenters. The van der Waals surface area contributed by atoms with E-state index < -0.39 is 5.97 Å². The third-order valence-electron chi connectivity index (χ3n) is 1.91. The summed E-state index contributed by atoms with van der Waals surface area (Å²) in [5.74, 6) is -0.629. The molecule has 0 spiro atoms. The summed E-state index contributed by atoms with van der Waals surface area (Å²) in [6, 6.07) is 4.55. The van der Waals surface area contributed by atoms with Gasteiger partial charge in [0.25, 0.3) is 0 Å². The first kappa shape index (κ1) is 8.43. The molecule has 1 aromatic heterocycles. The van der Waals surface area contributed by atoms with Crippen molar-refractivity contribution in [2.75, 3.05) is 5.73 Å². The summed E-state index contributed by atoms with van der Waals surface area (Å²) in [7, 11) is 0. The molecule has 3 N–H and O–H groups in total. The van der Waals surface area contributed by atoms with Crippen LogP contribution in [0.15, 0.2) is 24.5 Å². The van der Waals surface area contributed by atoms with Crippen molar-refractivity contribution in [2.24, 2.45) is 0 Å². The van der Waals surface area contributed by atoms with Crippen LogP contribution in [0, 0.1) is 0 Å². The fourth-order valence-corrected chi connectivity index (χ4v) is 1.21. The molecule has 0 saturated heterocycles. The summed E-state index contributed by atoms with van der Waals surface area (Å²) >= 11 is 0. The Balaban J connectivity index is 2.73. The van der Waals surface area contributed by atoms with Gasteiger partial charge in [-0.15, -0.1) is 0 Å². The summed E-state index contributed by atoms with van der Waals surface area (Å²) in [4.78, 5) is 18.4. The second-order valence-corrected chi connectivity index (χ2v) is 2.80. The maximum Gasteiger partial charge on any atom is 0.335 e. The number of aromatic carboxylic acids is 1. The normalized spacial score (nSPS) is 10.3. The van der Waals surface area contributed by atoms with E-state index in [9.17, 15) is 4.79 Å². The first-order valence-corrected chi connectivity index (χ1v) is 3.92. The third kappa shape index (κ3) is 1.24. The molecule has 0 bridgehead atoms. The number of nitrogens with zero attached hydrogens (tertiary/aromatic N) is 2. The van der Waals surface area contributed by atoms with Gasteiger partial charge >= 0.3 is 5.97 Å². The Morgan fingerprint density at radius 3 is 2.86 bits per heavy atom. The van der Waals surface area contributed by atoms with Crippen LogP contribution in [0.2, 0.25) is 0 Å². The number of aromatic nitrogens is 2. The minimum atomic E-state index is -0.982. The van der Waals surface area contributed by atoms with E-state index in [0.29, 0.717) is 16.7 Å². The molecule has 0 saturated carbocycles. The second-order valence-electron chi connectivity index (χ2n) is 2.80. The predicted octanol–water partition coefficient (Wildman–Crippen LogP) is 0.910. The van der Waals surface area contributed by atoms with E-state index in [4.69, 9.17) is 10.8 Å². The van der Waals surface area contributed by atoms with Crippen LogP contribution in [-0.4, -0.2) is 21.0 Å². The SMILES string of the molecule is Nc1ncnc2cc(C(=O)O)ccc12. The standard InChI is InChI=1S/C9H7N3O2/c10-8-6-2-1-5(9(13)14)3-7(6)11-4-12-8/h1-4H,(H,13,14)(H2,10,11,12). The summed E-state index contributed by atoms with van der Waals surface area (Å²) < 4.78 is 0. The Labute approximate surface area is 79.2 Å². The van der Waals surface area contributed by atoms with E-state index in [0.717, 1.165) is 0 Å². The van der Waals surface area contributed by atoms with Crippen molar-refractivity contribution >= 4 is 22.7 Å². The molecule has 70 valence electrons. The Kier molecular flexibility index (Phi) is 1.78. The summed E-state index contributed by atoms with van der Waals surface area (Å²) in [6.45, 7) is 0. The molecule has 14 heavy (non-hydrogen) atoms. The van der Waals surface area contributed by atoms with E-state index in [1.165, 1.54) is 18.5 Å². The molecular formula is C9H7N3O2. The van der Waals surface area contributed by atoms with Crippen molar-refractivity contribution < 1.29 is 9.90 Å². The van der Waals surface area contributed by atoms with Crippen LogP contribution in [0.4, 0.5) is 5.82 Å².